The number of hydrogen-bond donors (Lipinski definition) is 1. The van der Waals surface area contributed by atoms with Gasteiger partial charge in [-0.25, -0.2) is 8.78 Å². The minimum atomic E-state index is -2.75. The molecule has 6 nitrogen and oxygen atoms in total. The van der Waals surface area contributed by atoms with E-state index in [0.717, 1.165) is 16.3 Å². The Kier molecular flexibility index (Phi) is 5.28. The van der Waals surface area contributed by atoms with Crippen LogP contribution in [0.15, 0.2) is 36.4 Å². The van der Waals surface area contributed by atoms with Gasteiger partial charge >= 0.3 is 0 Å². The average Bonchev–Trinajstić information content (AvgIpc) is 2.94. The first-order valence-corrected chi connectivity index (χ1v) is 7.27. The molecule has 1 heterocycles. The SMILES string of the molecule is C[C@H](c1ccccc1)N(CC(N)=O)C(=O)c1cc(C(F)F)n(C)n1. The van der Waals surface area contributed by atoms with Gasteiger partial charge in [0.25, 0.3) is 12.3 Å². The summed E-state index contributed by atoms with van der Waals surface area (Å²) in [6.45, 7) is 1.39. The molecule has 0 radical (unpaired) electrons. The maximum atomic E-state index is 12.9. The Balaban J connectivity index is 2.35. The summed E-state index contributed by atoms with van der Waals surface area (Å²) in [5.74, 6) is -1.33. The lowest BCUT2D eigenvalue weighted by atomic mass is 10.1. The highest BCUT2D eigenvalue weighted by Gasteiger charge is 2.27. The highest BCUT2D eigenvalue weighted by atomic mass is 19.3. The van der Waals surface area contributed by atoms with Gasteiger partial charge in [-0.05, 0) is 18.6 Å². The maximum Gasteiger partial charge on any atom is 0.280 e. The number of hydrogen-bond acceptors (Lipinski definition) is 3. The molecule has 0 aliphatic rings. The molecule has 128 valence electrons. The number of carbonyl (C=O) groups excluding carboxylic acids is 2. The van der Waals surface area contributed by atoms with Gasteiger partial charge in [0.05, 0.1) is 6.04 Å². The molecule has 2 N–H and O–H groups in total. The summed E-state index contributed by atoms with van der Waals surface area (Å²) in [7, 11) is 1.33. The molecule has 0 aliphatic carbocycles. The van der Waals surface area contributed by atoms with Crippen molar-refractivity contribution in [2.75, 3.05) is 6.54 Å². The number of primary amides is 1. The zero-order valence-electron chi connectivity index (χ0n) is 13.3. The fourth-order valence-electron chi connectivity index (χ4n) is 2.40. The van der Waals surface area contributed by atoms with Gasteiger partial charge in [-0.3, -0.25) is 14.3 Å². The van der Waals surface area contributed by atoms with E-state index < -0.39 is 24.3 Å². The highest BCUT2D eigenvalue weighted by molar-refractivity contribution is 5.95. The number of alkyl halides is 2. The van der Waals surface area contributed by atoms with Crippen LogP contribution in [0.4, 0.5) is 8.78 Å². The van der Waals surface area contributed by atoms with Crippen LogP contribution in [0.3, 0.4) is 0 Å². The van der Waals surface area contributed by atoms with Crippen LogP contribution in [-0.2, 0) is 11.8 Å². The van der Waals surface area contributed by atoms with Crippen molar-refractivity contribution < 1.29 is 18.4 Å². The van der Waals surface area contributed by atoms with E-state index in [1.807, 2.05) is 6.07 Å². The standard InChI is InChI=1S/C16H18F2N4O2/c1-10(11-6-4-3-5-7-11)22(9-14(19)23)16(24)12-8-13(15(17)18)21(2)20-12/h3-8,10,15H,9H2,1-2H3,(H2,19,23)/t10-/m1/s1. The topological polar surface area (TPSA) is 81.2 Å². The molecule has 2 rings (SSSR count). The van der Waals surface area contributed by atoms with Crippen LogP contribution < -0.4 is 5.73 Å². The van der Waals surface area contributed by atoms with E-state index >= 15 is 0 Å². The molecule has 24 heavy (non-hydrogen) atoms. The van der Waals surface area contributed by atoms with Gasteiger partial charge in [0.1, 0.15) is 12.2 Å². The fourth-order valence-corrected chi connectivity index (χ4v) is 2.40. The number of aromatic nitrogens is 2. The molecule has 1 atom stereocenters. The summed E-state index contributed by atoms with van der Waals surface area (Å²) in [4.78, 5) is 25.2. The summed E-state index contributed by atoms with van der Waals surface area (Å²) >= 11 is 0. The fraction of sp³-hybridized carbons (Fsp3) is 0.312. The lowest BCUT2D eigenvalue weighted by molar-refractivity contribution is -0.119. The summed E-state index contributed by atoms with van der Waals surface area (Å²) in [6.07, 6.45) is -2.75. The van der Waals surface area contributed by atoms with E-state index in [1.165, 1.54) is 11.9 Å². The van der Waals surface area contributed by atoms with Gasteiger partial charge < -0.3 is 10.6 Å². The van der Waals surface area contributed by atoms with Crippen molar-refractivity contribution in [3.63, 3.8) is 0 Å². The van der Waals surface area contributed by atoms with E-state index in [-0.39, 0.29) is 17.9 Å². The monoisotopic (exact) mass is 336 g/mol. The Hall–Kier alpha value is -2.77. The molecule has 0 saturated carbocycles. The van der Waals surface area contributed by atoms with Crippen LogP contribution >= 0.6 is 0 Å². The number of amides is 2. The molecular formula is C16H18F2N4O2. The minimum absolute atomic E-state index is 0.156. The molecule has 0 unspecified atom stereocenters. The van der Waals surface area contributed by atoms with E-state index in [1.54, 1.807) is 31.2 Å². The Morgan fingerprint density at radius 1 is 1.29 bits per heavy atom. The van der Waals surface area contributed by atoms with Crippen molar-refractivity contribution in [2.24, 2.45) is 12.8 Å². The van der Waals surface area contributed by atoms with E-state index in [9.17, 15) is 18.4 Å². The number of carbonyl (C=O) groups is 2. The van der Waals surface area contributed by atoms with Crippen LogP contribution in [0, 0.1) is 0 Å². The molecule has 0 fully saturated rings. The van der Waals surface area contributed by atoms with Crippen LogP contribution in [0.25, 0.3) is 0 Å². The number of halogens is 2. The third-order valence-corrected chi connectivity index (χ3v) is 3.70. The molecule has 1 aromatic heterocycles. The van der Waals surface area contributed by atoms with Crippen molar-refractivity contribution in [3.8, 4) is 0 Å². The van der Waals surface area contributed by atoms with Gasteiger partial charge in [0, 0.05) is 7.05 Å². The van der Waals surface area contributed by atoms with E-state index in [2.05, 4.69) is 5.10 Å². The van der Waals surface area contributed by atoms with Crippen molar-refractivity contribution in [3.05, 3.63) is 53.3 Å². The predicted octanol–water partition coefficient (Wildman–Crippen LogP) is 2.05. The third-order valence-electron chi connectivity index (χ3n) is 3.70. The second-order valence-corrected chi connectivity index (χ2v) is 5.36. The summed E-state index contributed by atoms with van der Waals surface area (Å²) < 4.78 is 26.7. The van der Waals surface area contributed by atoms with Crippen LogP contribution in [0.1, 0.15) is 41.1 Å². The molecule has 8 heteroatoms. The Labute approximate surface area is 137 Å². The summed E-state index contributed by atoms with van der Waals surface area (Å²) in [6, 6.07) is 9.58. The second kappa shape index (κ2) is 7.20. The van der Waals surface area contributed by atoms with Crippen LogP contribution in [-0.4, -0.2) is 33.0 Å². The molecule has 0 saturated heterocycles. The van der Waals surface area contributed by atoms with Gasteiger partial charge in [-0.15, -0.1) is 0 Å². The van der Waals surface area contributed by atoms with Gasteiger partial charge in [0.2, 0.25) is 5.91 Å². The number of rotatable bonds is 6. The van der Waals surface area contributed by atoms with Crippen molar-refractivity contribution in [1.82, 2.24) is 14.7 Å². The first-order chi connectivity index (χ1) is 11.3. The van der Waals surface area contributed by atoms with Crippen LogP contribution in [0.5, 0.6) is 0 Å². The highest BCUT2D eigenvalue weighted by Crippen LogP contribution is 2.24. The van der Waals surface area contributed by atoms with E-state index in [0.29, 0.717) is 0 Å². The Bertz CT molecular complexity index is 731. The lowest BCUT2D eigenvalue weighted by Gasteiger charge is -2.27. The molecule has 0 bridgehead atoms. The molecule has 1 aromatic carbocycles. The number of nitrogens with zero attached hydrogens (tertiary/aromatic N) is 3. The number of benzene rings is 1. The van der Waals surface area contributed by atoms with E-state index in [4.69, 9.17) is 5.73 Å². The number of nitrogens with two attached hydrogens (primary N) is 1. The first kappa shape index (κ1) is 17.6. The zero-order valence-corrected chi connectivity index (χ0v) is 13.3. The molecule has 0 aliphatic heterocycles. The average molecular weight is 336 g/mol. The van der Waals surface area contributed by atoms with Gasteiger partial charge in [-0.1, -0.05) is 30.3 Å². The van der Waals surface area contributed by atoms with Crippen molar-refractivity contribution in [2.45, 2.75) is 19.4 Å². The number of aryl methyl sites for hydroxylation is 1. The Morgan fingerprint density at radius 2 is 1.92 bits per heavy atom. The van der Waals surface area contributed by atoms with Crippen molar-refractivity contribution >= 4 is 11.8 Å². The molecule has 2 amide bonds. The third kappa shape index (κ3) is 3.76. The van der Waals surface area contributed by atoms with Crippen molar-refractivity contribution in [1.29, 1.82) is 0 Å². The summed E-state index contributed by atoms with van der Waals surface area (Å²) in [5, 5.41) is 3.83. The largest absolute Gasteiger partial charge is 0.368 e. The van der Waals surface area contributed by atoms with Crippen LogP contribution in [0.2, 0.25) is 0 Å². The Morgan fingerprint density at radius 3 is 2.42 bits per heavy atom. The quantitative estimate of drug-likeness (QED) is 0.876. The minimum Gasteiger partial charge on any atom is -0.368 e. The first-order valence-electron chi connectivity index (χ1n) is 7.27. The molecular weight excluding hydrogens is 318 g/mol. The predicted molar refractivity (Wildman–Crippen MR) is 83.3 cm³/mol. The molecule has 2 aromatic rings. The molecule has 0 spiro atoms. The normalized spacial score (nSPS) is 12.2. The smallest absolute Gasteiger partial charge is 0.280 e. The zero-order chi connectivity index (χ0) is 17.9. The van der Waals surface area contributed by atoms with Gasteiger partial charge in [-0.2, -0.15) is 5.10 Å². The second-order valence-electron chi connectivity index (χ2n) is 5.36. The van der Waals surface area contributed by atoms with Gasteiger partial charge in [0.15, 0.2) is 5.69 Å². The summed E-state index contributed by atoms with van der Waals surface area (Å²) in [5.41, 5.74) is 5.49. The lowest BCUT2D eigenvalue weighted by Crippen LogP contribution is -2.40. The maximum absolute atomic E-state index is 12.9.